The Balaban J connectivity index is 1.58. The molecule has 0 aliphatic rings. The maximum atomic E-state index is 12.5. The minimum Gasteiger partial charge on any atom is -0.493 e. The third-order valence-corrected chi connectivity index (χ3v) is 4.25. The van der Waals surface area contributed by atoms with Gasteiger partial charge in [0.15, 0.2) is 11.5 Å². The zero-order valence-electron chi connectivity index (χ0n) is 16.9. The molecule has 1 aromatic heterocycles. The zero-order valence-corrected chi connectivity index (χ0v) is 16.9. The van der Waals surface area contributed by atoms with Gasteiger partial charge in [0.2, 0.25) is 5.91 Å². The van der Waals surface area contributed by atoms with Gasteiger partial charge in [-0.1, -0.05) is 12.1 Å². The van der Waals surface area contributed by atoms with Gasteiger partial charge in [-0.05, 0) is 48.9 Å². The quantitative estimate of drug-likeness (QED) is 0.568. The Hall–Kier alpha value is -3.81. The number of nitrogens with one attached hydrogen (secondary N) is 2. The smallest absolute Gasteiger partial charge is 0.251 e. The highest BCUT2D eigenvalue weighted by Crippen LogP contribution is 2.28. The molecule has 3 aromatic rings. The molecule has 0 fully saturated rings. The Labute approximate surface area is 174 Å². The third kappa shape index (κ3) is 5.60. The molecule has 0 radical (unpaired) electrons. The fourth-order valence-electron chi connectivity index (χ4n) is 2.87. The van der Waals surface area contributed by atoms with E-state index in [4.69, 9.17) is 9.47 Å². The Morgan fingerprint density at radius 2 is 1.97 bits per heavy atom. The predicted molar refractivity (Wildman–Crippen MR) is 113 cm³/mol. The van der Waals surface area contributed by atoms with Crippen LogP contribution in [0.3, 0.4) is 0 Å². The summed E-state index contributed by atoms with van der Waals surface area (Å²) in [7, 11) is 1.53. The highest BCUT2D eigenvalue weighted by atomic mass is 16.5. The average molecular weight is 408 g/mol. The molecule has 0 aliphatic carbocycles. The van der Waals surface area contributed by atoms with Crippen LogP contribution in [0.4, 0.5) is 5.69 Å². The van der Waals surface area contributed by atoms with Crippen LogP contribution in [0.1, 0.15) is 22.8 Å². The van der Waals surface area contributed by atoms with Crippen LogP contribution in [0.15, 0.2) is 60.9 Å². The van der Waals surface area contributed by atoms with Crippen molar-refractivity contribution < 1.29 is 19.1 Å². The summed E-state index contributed by atoms with van der Waals surface area (Å²) in [4.78, 5) is 24.6. The number of nitrogens with zero attached hydrogens (tertiary/aromatic N) is 2. The normalized spacial score (nSPS) is 10.3. The molecule has 0 saturated heterocycles. The Bertz CT molecular complexity index is 1000. The Kier molecular flexibility index (Phi) is 7.05. The van der Waals surface area contributed by atoms with E-state index < -0.39 is 0 Å². The molecule has 0 atom stereocenters. The number of ether oxygens (including phenoxy) is 2. The minimum atomic E-state index is -0.232. The van der Waals surface area contributed by atoms with Gasteiger partial charge in [0.05, 0.1) is 13.7 Å². The van der Waals surface area contributed by atoms with Crippen molar-refractivity contribution in [2.75, 3.05) is 19.0 Å². The second kappa shape index (κ2) is 10.1. The number of anilines is 1. The van der Waals surface area contributed by atoms with Crippen LogP contribution in [-0.2, 0) is 17.9 Å². The van der Waals surface area contributed by atoms with Crippen molar-refractivity contribution in [3.8, 4) is 11.5 Å². The molecule has 2 aromatic carbocycles. The number of carbonyl (C=O) groups is 2. The number of aromatic nitrogens is 2. The predicted octanol–water partition coefficient (Wildman–Crippen LogP) is 2.86. The molecule has 0 spiro atoms. The third-order valence-electron chi connectivity index (χ3n) is 4.25. The molecule has 1 heterocycles. The van der Waals surface area contributed by atoms with E-state index in [9.17, 15) is 9.59 Å². The highest BCUT2D eigenvalue weighted by molar-refractivity contribution is 5.95. The van der Waals surface area contributed by atoms with Gasteiger partial charge in [0, 0.05) is 30.2 Å². The highest BCUT2D eigenvalue weighted by Gasteiger charge is 2.11. The van der Waals surface area contributed by atoms with Crippen LogP contribution in [0.5, 0.6) is 11.5 Å². The summed E-state index contributed by atoms with van der Waals surface area (Å²) in [5.41, 5.74) is 1.98. The molecule has 8 heteroatoms. The molecule has 0 bridgehead atoms. The van der Waals surface area contributed by atoms with Crippen LogP contribution in [0, 0.1) is 0 Å². The van der Waals surface area contributed by atoms with Gasteiger partial charge in [-0.25, -0.2) is 0 Å². The van der Waals surface area contributed by atoms with Gasteiger partial charge in [-0.3, -0.25) is 14.3 Å². The number of methoxy groups -OCH3 is 1. The van der Waals surface area contributed by atoms with Crippen LogP contribution in [-0.4, -0.2) is 35.3 Å². The van der Waals surface area contributed by atoms with Gasteiger partial charge >= 0.3 is 0 Å². The van der Waals surface area contributed by atoms with Gasteiger partial charge in [-0.15, -0.1) is 0 Å². The molecular formula is C22H24N4O4. The lowest BCUT2D eigenvalue weighted by Crippen LogP contribution is -2.23. The average Bonchev–Trinajstić information content (AvgIpc) is 3.25. The summed E-state index contributed by atoms with van der Waals surface area (Å²) in [6, 6.07) is 14.1. The lowest BCUT2D eigenvalue weighted by Gasteiger charge is -2.12. The van der Waals surface area contributed by atoms with E-state index >= 15 is 0 Å². The first-order valence-electron chi connectivity index (χ1n) is 9.54. The van der Waals surface area contributed by atoms with E-state index in [-0.39, 0.29) is 18.4 Å². The molecular weight excluding hydrogens is 384 g/mol. The molecule has 0 aliphatic heterocycles. The monoisotopic (exact) mass is 408 g/mol. The van der Waals surface area contributed by atoms with E-state index in [1.54, 1.807) is 47.4 Å². The van der Waals surface area contributed by atoms with Crippen LogP contribution >= 0.6 is 0 Å². The first-order chi connectivity index (χ1) is 14.6. The standard InChI is InChI=1S/C22H24N4O4/c1-3-30-19-9-8-17(13-20(19)29-2)22(28)23-14-16-6-4-7-18(12-16)25-21(27)15-26-11-5-10-24-26/h4-13H,3,14-15H2,1-2H3,(H,23,28)(H,25,27). The maximum Gasteiger partial charge on any atom is 0.251 e. The number of hydrogen-bond donors (Lipinski definition) is 2. The second-order valence-corrected chi connectivity index (χ2v) is 6.43. The van der Waals surface area contributed by atoms with Gasteiger partial charge in [0.25, 0.3) is 5.91 Å². The summed E-state index contributed by atoms with van der Waals surface area (Å²) in [5.74, 6) is 0.687. The van der Waals surface area contributed by atoms with Crippen LogP contribution < -0.4 is 20.1 Å². The van der Waals surface area contributed by atoms with E-state index in [0.717, 1.165) is 5.56 Å². The Morgan fingerprint density at radius 1 is 1.10 bits per heavy atom. The summed E-state index contributed by atoms with van der Waals surface area (Å²) < 4.78 is 12.3. The second-order valence-electron chi connectivity index (χ2n) is 6.43. The molecule has 2 amide bonds. The van der Waals surface area contributed by atoms with Gasteiger partial charge in [0.1, 0.15) is 6.54 Å². The molecule has 156 valence electrons. The van der Waals surface area contributed by atoms with Crippen molar-refractivity contribution in [1.82, 2.24) is 15.1 Å². The number of amides is 2. The summed E-state index contributed by atoms with van der Waals surface area (Å²) in [5, 5.41) is 9.72. The number of hydrogen-bond acceptors (Lipinski definition) is 5. The van der Waals surface area contributed by atoms with Crippen LogP contribution in [0.2, 0.25) is 0 Å². The van der Waals surface area contributed by atoms with E-state index in [1.165, 1.54) is 7.11 Å². The largest absolute Gasteiger partial charge is 0.493 e. The lowest BCUT2D eigenvalue weighted by molar-refractivity contribution is -0.116. The van der Waals surface area contributed by atoms with Crippen molar-refractivity contribution in [3.05, 3.63) is 72.1 Å². The Morgan fingerprint density at radius 3 is 2.70 bits per heavy atom. The molecule has 2 N–H and O–H groups in total. The maximum absolute atomic E-state index is 12.5. The molecule has 30 heavy (non-hydrogen) atoms. The molecule has 8 nitrogen and oxygen atoms in total. The fourth-order valence-corrected chi connectivity index (χ4v) is 2.87. The number of benzene rings is 2. The van der Waals surface area contributed by atoms with Gasteiger partial charge in [-0.2, -0.15) is 5.10 Å². The SMILES string of the molecule is CCOc1ccc(C(=O)NCc2cccc(NC(=O)Cn3cccn3)c2)cc1OC. The first-order valence-corrected chi connectivity index (χ1v) is 9.54. The summed E-state index contributed by atoms with van der Waals surface area (Å²) >= 11 is 0. The number of carbonyl (C=O) groups excluding carboxylic acids is 2. The zero-order chi connectivity index (χ0) is 21.3. The molecule has 0 saturated carbocycles. The number of rotatable bonds is 9. The van der Waals surface area contributed by atoms with E-state index in [2.05, 4.69) is 15.7 Å². The van der Waals surface area contributed by atoms with Crippen molar-refractivity contribution in [3.63, 3.8) is 0 Å². The minimum absolute atomic E-state index is 0.132. The van der Waals surface area contributed by atoms with E-state index in [0.29, 0.717) is 35.9 Å². The van der Waals surface area contributed by atoms with Crippen molar-refractivity contribution >= 4 is 17.5 Å². The van der Waals surface area contributed by atoms with Crippen LogP contribution in [0.25, 0.3) is 0 Å². The fraction of sp³-hybridized carbons (Fsp3) is 0.227. The van der Waals surface area contributed by atoms with Gasteiger partial charge < -0.3 is 20.1 Å². The summed E-state index contributed by atoms with van der Waals surface area (Å²) in [6.45, 7) is 2.84. The molecule has 3 rings (SSSR count). The first kappa shape index (κ1) is 20.9. The van der Waals surface area contributed by atoms with E-state index in [1.807, 2.05) is 25.1 Å². The van der Waals surface area contributed by atoms with Crippen molar-refractivity contribution in [2.45, 2.75) is 20.0 Å². The summed E-state index contributed by atoms with van der Waals surface area (Å²) in [6.07, 6.45) is 3.35. The van der Waals surface area contributed by atoms with Crippen molar-refractivity contribution in [1.29, 1.82) is 0 Å². The van der Waals surface area contributed by atoms with Crippen molar-refractivity contribution in [2.24, 2.45) is 0 Å². The molecule has 0 unspecified atom stereocenters. The topological polar surface area (TPSA) is 94.5 Å². The lowest BCUT2D eigenvalue weighted by atomic mass is 10.1.